The van der Waals surface area contributed by atoms with E-state index in [1.807, 2.05) is 32.0 Å². The highest BCUT2D eigenvalue weighted by Crippen LogP contribution is 2.18. The first kappa shape index (κ1) is 12.6. The largest absolute Gasteiger partial charge is 0.316 e. The summed E-state index contributed by atoms with van der Waals surface area (Å²) in [4.78, 5) is 0. The van der Waals surface area contributed by atoms with Crippen LogP contribution in [0.5, 0.6) is 0 Å². The molecule has 0 saturated carbocycles. The molecule has 0 radical (unpaired) electrons. The van der Waals surface area contributed by atoms with Crippen LogP contribution >= 0.6 is 0 Å². The Morgan fingerprint density at radius 2 is 1.82 bits per heavy atom. The zero-order valence-electron chi connectivity index (χ0n) is 10.4. The van der Waals surface area contributed by atoms with Gasteiger partial charge in [0.25, 0.3) is 0 Å². The first-order valence-electron chi connectivity index (χ1n) is 5.94. The lowest BCUT2D eigenvalue weighted by atomic mass is 10.1. The normalized spacial score (nSPS) is 16.8. The Morgan fingerprint density at radius 3 is 2.29 bits per heavy atom. The van der Waals surface area contributed by atoms with Gasteiger partial charge in [-0.2, -0.15) is 0 Å². The molecule has 0 aromatic heterocycles. The zero-order valence-corrected chi connectivity index (χ0v) is 11.2. The number of hydrogen-bond acceptors (Lipinski definition) is 3. The molecule has 1 N–H and O–H groups in total. The van der Waals surface area contributed by atoms with Gasteiger partial charge in [0.05, 0.1) is 11.5 Å². The van der Waals surface area contributed by atoms with Crippen LogP contribution in [0.25, 0.3) is 0 Å². The molecule has 3 nitrogen and oxygen atoms in total. The van der Waals surface area contributed by atoms with Crippen molar-refractivity contribution in [2.24, 2.45) is 5.92 Å². The minimum atomic E-state index is -2.98. The molecule has 0 unspecified atom stereocenters. The smallest absolute Gasteiger partial charge is 0.154 e. The van der Waals surface area contributed by atoms with Crippen LogP contribution in [0.2, 0.25) is 0 Å². The molecule has 0 atom stereocenters. The van der Waals surface area contributed by atoms with Gasteiger partial charge in [0.2, 0.25) is 0 Å². The van der Waals surface area contributed by atoms with Crippen LogP contribution in [0.15, 0.2) is 18.2 Å². The maximum atomic E-state index is 12.1. The molecule has 1 aromatic rings. The van der Waals surface area contributed by atoms with Crippen molar-refractivity contribution in [3.63, 3.8) is 0 Å². The Hall–Kier alpha value is -0.870. The number of rotatable bonds is 4. The Labute approximate surface area is 103 Å². The fraction of sp³-hybridized carbons (Fsp3) is 0.538. The van der Waals surface area contributed by atoms with E-state index in [9.17, 15) is 8.42 Å². The van der Waals surface area contributed by atoms with Gasteiger partial charge in [0, 0.05) is 13.1 Å². The third-order valence-corrected chi connectivity index (χ3v) is 5.07. The highest BCUT2D eigenvalue weighted by atomic mass is 32.2. The van der Waals surface area contributed by atoms with Gasteiger partial charge in [-0.15, -0.1) is 0 Å². The monoisotopic (exact) mass is 253 g/mol. The van der Waals surface area contributed by atoms with E-state index in [1.54, 1.807) is 0 Å². The third kappa shape index (κ3) is 3.07. The number of sulfone groups is 1. The molecule has 17 heavy (non-hydrogen) atoms. The molecule has 0 spiro atoms. The van der Waals surface area contributed by atoms with Crippen LogP contribution in [0.3, 0.4) is 0 Å². The Morgan fingerprint density at radius 1 is 1.24 bits per heavy atom. The number of aryl methyl sites for hydroxylation is 2. The summed E-state index contributed by atoms with van der Waals surface area (Å²) in [5, 5.41) is 3.11. The molecule has 1 aliphatic rings. The summed E-state index contributed by atoms with van der Waals surface area (Å²) in [5.74, 6) is 0.805. The van der Waals surface area contributed by atoms with E-state index >= 15 is 0 Å². The molecule has 1 fully saturated rings. The van der Waals surface area contributed by atoms with Crippen molar-refractivity contribution in [3.8, 4) is 0 Å². The Bertz CT molecular complexity index is 484. The quantitative estimate of drug-likeness (QED) is 0.883. The number of benzene rings is 1. The van der Waals surface area contributed by atoms with E-state index in [4.69, 9.17) is 0 Å². The van der Waals surface area contributed by atoms with E-state index in [-0.39, 0.29) is 5.75 Å². The second kappa shape index (κ2) is 4.78. The van der Waals surface area contributed by atoms with Crippen molar-refractivity contribution in [1.29, 1.82) is 0 Å². The lowest BCUT2D eigenvalue weighted by Gasteiger charge is -2.26. The van der Waals surface area contributed by atoms with Gasteiger partial charge in [-0.05, 0) is 36.5 Å². The fourth-order valence-electron chi connectivity index (χ4n) is 2.18. The minimum Gasteiger partial charge on any atom is -0.316 e. The van der Waals surface area contributed by atoms with E-state index in [0.717, 1.165) is 29.8 Å². The van der Waals surface area contributed by atoms with Gasteiger partial charge >= 0.3 is 0 Å². The third-order valence-electron chi connectivity index (χ3n) is 3.36. The zero-order chi connectivity index (χ0) is 12.5. The highest BCUT2D eigenvalue weighted by Gasteiger charge is 2.25. The lowest BCUT2D eigenvalue weighted by Crippen LogP contribution is -2.45. The molecule has 0 bridgehead atoms. The van der Waals surface area contributed by atoms with Gasteiger partial charge in [0.1, 0.15) is 0 Å². The van der Waals surface area contributed by atoms with E-state index in [2.05, 4.69) is 5.32 Å². The Balaban J connectivity index is 2.13. The highest BCUT2D eigenvalue weighted by molar-refractivity contribution is 7.90. The molecule has 2 rings (SSSR count). The Kier molecular flexibility index (Phi) is 3.54. The van der Waals surface area contributed by atoms with Gasteiger partial charge in [0.15, 0.2) is 9.84 Å². The van der Waals surface area contributed by atoms with Crippen molar-refractivity contribution in [3.05, 3.63) is 34.9 Å². The van der Waals surface area contributed by atoms with E-state index < -0.39 is 9.84 Å². The second-order valence-corrected chi connectivity index (χ2v) is 7.06. The molecule has 1 aromatic carbocycles. The molecule has 4 heteroatoms. The maximum absolute atomic E-state index is 12.1. The van der Waals surface area contributed by atoms with Crippen molar-refractivity contribution >= 4 is 9.84 Å². The van der Waals surface area contributed by atoms with Crippen molar-refractivity contribution in [1.82, 2.24) is 5.32 Å². The van der Waals surface area contributed by atoms with Crippen LogP contribution < -0.4 is 5.32 Å². The van der Waals surface area contributed by atoms with Crippen molar-refractivity contribution < 1.29 is 8.42 Å². The standard InChI is InChI=1S/C13H19NO2S/c1-10-4-3-5-11(2)13(10)9-17(15,16)8-12-6-14-7-12/h3-5,12,14H,6-9H2,1-2H3. The molecular formula is C13H19NO2S. The number of nitrogens with one attached hydrogen (secondary N) is 1. The lowest BCUT2D eigenvalue weighted by molar-refractivity contribution is 0.378. The molecule has 1 heterocycles. The van der Waals surface area contributed by atoms with Crippen LogP contribution in [0.4, 0.5) is 0 Å². The second-order valence-electron chi connectivity index (χ2n) is 4.95. The predicted molar refractivity (Wildman–Crippen MR) is 69.8 cm³/mol. The molecule has 0 aliphatic carbocycles. The summed E-state index contributed by atoms with van der Waals surface area (Å²) < 4.78 is 24.2. The van der Waals surface area contributed by atoms with Gasteiger partial charge < -0.3 is 5.32 Å². The average molecular weight is 253 g/mol. The SMILES string of the molecule is Cc1cccc(C)c1CS(=O)(=O)CC1CNC1. The minimum absolute atomic E-state index is 0.183. The summed E-state index contributed by atoms with van der Waals surface area (Å²) in [7, 11) is -2.98. The van der Waals surface area contributed by atoms with Crippen molar-refractivity contribution in [2.45, 2.75) is 19.6 Å². The van der Waals surface area contributed by atoms with E-state index in [0.29, 0.717) is 11.7 Å². The van der Waals surface area contributed by atoms with Crippen LogP contribution in [0.1, 0.15) is 16.7 Å². The molecule has 0 amide bonds. The summed E-state index contributed by atoms with van der Waals surface area (Å²) in [6, 6.07) is 5.92. The van der Waals surface area contributed by atoms with Gasteiger partial charge in [-0.25, -0.2) is 8.42 Å². The van der Waals surface area contributed by atoms with Crippen LogP contribution in [-0.4, -0.2) is 27.3 Å². The first-order chi connectivity index (χ1) is 7.98. The molecular weight excluding hydrogens is 234 g/mol. The van der Waals surface area contributed by atoms with Gasteiger partial charge in [-0.1, -0.05) is 18.2 Å². The fourth-order valence-corrected chi connectivity index (χ4v) is 4.15. The summed E-state index contributed by atoms with van der Waals surface area (Å²) >= 11 is 0. The summed E-state index contributed by atoms with van der Waals surface area (Å²) in [5.41, 5.74) is 3.11. The van der Waals surface area contributed by atoms with Crippen LogP contribution in [-0.2, 0) is 15.6 Å². The van der Waals surface area contributed by atoms with Crippen molar-refractivity contribution in [2.75, 3.05) is 18.8 Å². The summed E-state index contributed by atoms with van der Waals surface area (Å²) in [6.07, 6.45) is 0. The van der Waals surface area contributed by atoms with Crippen LogP contribution in [0, 0.1) is 19.8 Å². The summed E-state index contributed by atoms with van der Waals surface area (Å²) in [6.45, 7) is 5.63. The van der Waals surface area contributed by atoms with E-state index in [1.165, 1.54) is 0 Å². The molecule has 94 valence electrons. The predicted octanol–water partition coefficient (Wildman–Crippen LogP) is 1.44. The average Bonchev–Trinajstić information content (AvgIpc) is 2.18. The maximum Gasteiger partial charge on any atom is 0.154 e. The first-order valence-corrected chi connectivity index (χ1v) is 7.76. The molecule has 1 saturated heterocycles. The topological polar surface area (TPSA) is 46.2 Å². The number of hydrogen-bond donors (Lipinski definition) is 1. The molecule has 1 aliphatic heterocycles. The van der Waals surface area contributed by atoms with Gasteiger partial charge in [-0.3, -0.25) is 0 Å².